The van der Waals surface area contributed by atoms with Crippen LogP contribution in [0, 0.1) is 0 Å². The summed E-state index contributed by atoms with van der Waals surface area (Å²) in [7, 11) is 0. The van der Waals surface area contributed by atoms with Crippen LogP contribution in [0.15, 0.2) is 0 Å². The van der Waals surface area contributed by atoms with E-state index in [1.54, 1.807) is 0 Å². The quantitative estimate of drug-likeness (QED) is 0.604. The van der Waals surface area contributed by atoms with Gasteiger partial charge in [0.15, 0.2) is 0 Å². The lowest BCUT2D eigenvalue weighted by Gasteiger charge is -2.28. The van der Waals surface area contributed by atoms with Gasteiger partial charge in [0.2, 0.25) is 0 Å². The van der Waals surface area contributed by atoms with Crippen molar-refractivity contribution in [1.82, 2.24) is 5.32 Å². The predicted molar refractivity (Wildman–Crippen MR) is 74.3 cm³/mol. The van der Waals surface area contributed by atoms with Gasteiger partial charge in [0.1, 0.15) is 0 Å². The van der Waals surface area contributed by atoms with Gasteiger partial charge in [0.05, 0.1) is 6.10 Å². The summed E-state index contributed by atoms with van der Waals surface area (Å²) in [5.41, 5.74) is 0. The van der Waals surface area contributed by atoms with Gasteiger partial charge in [-0.1, -0.05) is 58.3 Å². The van der Waals surface area contributed by atoms with E-state index in [0.29, 0.717) is 6.04 Å². The van der Waals surface area contributed by atoms with E-state index >= 15 is 0 Å². The molecule has 1 fully saturated rings. The van der Waals surface area contributed by atoms with E-state index in [-0.39, 0.29) is 6.10 Å². The minimum Gasteiger partial charge on any atom is -0.392 e. The van der Waals surface area contributed by atoms with Gasteiger partial charge in [-0.25, -0.2) is 0 Å². The highest BCUT2D eigenvalue weighted by molar-refractivity contribution is 4.79. The maximum atomic E-state index is 9.81. The van der Waals surface area contributed by atoms with Crippen LogP contribution in [0.2, 0.25) is 0 Å². The van der Waals surface area contributed by atoms with Crippen molar-refractivity contribution >= 4 is 0 Å². The Balaban J connectivity index is 1.86. The van der Waals surface area contributed by atoms with Gasteiger partial charge in [0, 0.05) is 6.04 Å². The third kappa shape index (κ3) is 7.05. The molecule has 0 spiro atoms. The summed E-state index contributed by atoms with van der Waals surface area (Å²) in [6, 6.07) is 0.379. The normalized spacial score (nSPS) is 25.1. The zero-order valence-electron chi connectivity index (χ0n) is 11.6. The molecule has 0 heterocycles. The van der Waals surface area contributed by atoms with Crippen molar-refractivity contribution in [3.63, 3.8) is 0 Å². The molecule has 0 saturated heterocycles. The Bertz CT molecular complexity index is 172. The van der Waals surface area contributed by atoms with Gasteiger partial charge >= 0.3 is 0 Å². The summed E-state index contributed by atoms with van der Waals surface area (Å²) in [6.45, 7) is 3.36. The molecule has 17 heavy (non-hydrogen) atoms. The van der Waals surface area contributed by atoms with Crippen LogP contribution in [0.1, 0.15) is 77.6 Å². The first-order valence-electron chi connectivity index (χ1n) is 7.76. The Hall–Kier alpha value is -0.0800. The molecular formula is C15H31NO. The molecule has 2 atom stereocenters. The van der Waals surface area contributed by atoms with Gasteiger partial charge < -0.3 is 10.4 Å². The number of rotatable bonds is 9. The monoisotopic (exact) mass is 241 g/mol. The highest BCUT2D eigenvalue weighted by atomic mass is 16.3. The van der Waals surface area contributed by atoms with Crippen LogP contribution in [0.3, 0.4) is 0 Å². The maximum Gasteiger partial charge on any atom is 0.0693 e. The molecule has 0 aromatic rings. The van der Waals surface area contributed by atoms with Crippen molar-refractivity contribution in [3.05, 3.63) is 0 Å². The van der Waals surface area contributed by atoms with Gasteiger partial charge in [-0.2, -0.15) is 0 Å². The van der Waals surface area contributed by atoms with Crippen LogP contribution in [0.4, 0.5) is 0 Å². The van der Waals surface area contributed by atoms with Crippen LogP contribution >= 0.6 is 0 Å². The highest BCUT2D eigenvalue weighted by Crippen LogP contribution is 2.18. The van der Waals surface area contributed by atoms with Gasteiger partial charge in [-0.15, -0.1) is 0 Å². The van der Waals surface area contributed by atoms with Gasteiger partial charge in [-0.05, 0) is 25.8 Å². The highest BCUT2D eigenvalue weighted by Gasteiger charge is 2.21. The zero-order valence-corrected chi connectivity index (χ0v) is 11.6. The first-order valence-corrected chi connectivity index (χ1v) is 7.76. The third-order valence-electron chi connectivity index (χ3n) is 3.92. The standard InChI is InChI=1S/C15H31NO/c1-2-3-4-5-6-7-10-13-16-14-11-8-9-12-15(14)17/h14-17H,2-13H2,1H3. The molecule has 0 amide bonds. The first-order chi connectivity index (χ1) is 8.34. The van der Waals surface area contributed by atoms with E-state index in [1.807, 2.05) is 0 Å². The van der Waals surface area contributed by atoms with Crippen molar-refractivity contribution in [2.75, 3.05) is 6.54 Å². The second kappa shape index (κ2) is 9.90. The van der Waals surface area contributed by atoms with Crippen LogP contribution < -0.4 is 5.32 Å². The molecule has 2 N–H and O–H groups in total. The third-order valence-corrected chi connectivity index (χ3v) is 3.92. The second-order valence-corrected chi connectivity index (χ2v) is 5.53. The molecule has 0 aromatic carbocycles. The number of unbranched alkanes of at least 4 members (excludes halogenated alkanes) is 6. The Kier molecular flexibility index (Phi) is 8.72. The van der Waals surface area contributed by atoms with E-state index < -0.39 is 0 Å². The fourth-order valence-electron chi connectivity index (χ4n) is 2.72. The maximum absolute atomic E-state index is 9.81. The summed E-state index contributed by atoms with van der Waals surface area (Å²) in [6.07, 6.45) is 14.1. The number of hydrogen-bond acceptors (Lipinski definition) is 2. The molecule has 1 aliphatic carbocycles. The predicted octanol–water partition coefficient (Wildman–Crippen LogP) is 3.63. The van der Waals surface area contributed by atoms with E-state index in [9.17, 15) is 5.11 Å². The number of nitrogens with one attached hydrogen (secondary N) is 1. The van der Waals surface area contributed by atoms with Gasteiger partial charge in [0.25, 0.3) is 0 Å². The number of hydrogen-bond donors (Lipinski definition) is 2. The fraction of sp³-hybridized carbons (Fsp3) is 1.00. The molecular weight excluding hydrogens is 210 g/mol. The van der Waals surface area contributed by atoms with Crippen LogP contribution in [0.25, 0.3) is 0 Å². The van der Waals surface area contributed by atoms with Crippen molar-refractivity contribution in [3.8, 4) is 0 Å². The molecule has 1 saturated carbocycles. The topological polar surface area (TPSA) is 32.3 Å². The van der Waals surface area contributed by atoms with Crippen molar-refractivity contribution in [2.24, 2.45) is 0 Å². The van der Waals surface area contributed by atoms with Crippen molar-refractivity contribution < 1.29 is 5.11 Å². The van der Waals surface area contributed by atoms with Crippen molar-refractivity contribution in [2.45, 2.75) is 89.7 Å². The SMILES string of the molecule is CCCCCCCCCNC1CCCCC1O. The van der Waals surface area contributed by atoms with E-state index in [0.717, 1.165) is 19.4 Å². The van der Waals surface area contributed by atoms with E-state index in [2.05, 4.69) is 12.2 Å². The largest absolute Gasteiger partial charge is 0.392 e. The summed E-state index contributed by atoms with van der Waals surface area (Å²) in [4.78, 5) is 0. The summed E-state index contributed by atoms with van der Waals surface area (Å²) in [5.74, 6) is 0. The summed E-state index contributed by atoms with van der Waals surface area (Å²) < 4.78 is 0. The van der Waals surface area contributed by atoms with Gasteiger partial charge in [-0.3, -0.25) is 0 Å². The molecule has 0 radical (unpaired) electrons. The fourth-order valence-corrected chi connectivity index (χ4v) is 2.72. The lowest BCUT2D eigenvalue weighted by Crippen LogP contribution is -2.42. The molecule has 2 nitrogen and oxygen atoms in total. The van der Waals surface area contributed by atoms with Crippen LogP contribution in [-0.2, 0) is 0 Å². The molecule has 1 aliphatic rings. The smallest absolute Gasteiger partial charge is 0.0693 e. The number of aliphatic hydroxyl groups is 1. The Morgan fingerprint density at radius 2 is 1.59 bits per heavy atom. The molecule has 2 heteroatoms. The molecule has 0 bridgehead atoms. The van der Waals surface area contributed by atoms with Crippen molar-refractivity contribution in [1.29, 1.82) is 0 Å². The van der Waals surface area contributed by atoms with Crippen LogP contribution in [0.5, 0.6) is 0 Å². The number of aliphatic hydroxyl groups excluding tert-OH is 1. The van der Waals surface area contributed by atoms with E-state index in [4.69, 9.17) is 0 Å². The minimum atomic E-state index is -0.0895. The summed E-state index contributed by atoms with van der Waals surface area (Å²) >= 11 is 0. The zero-order chi connectivity index (χ0) is 12.3. The average molecular weight is 241 g/mol. The molecule has 2 unspecified atom stereocenters. The molecule has 1 rings (SSSR count). The average Bonchev–Trinajstić information content (AvgIpc) is 2.35. The molecule has 0 aromatic heterocycles. The lowest BCUT2D eigenvalue weighted by molar-refractivity contribution is 0.0909. The molecule has 0 aliphatic heterocycles. The minimum absolute atomic E-state index is 0.0895. The van der Waals surface area contributed by atoms with Crippen LogP contribution in [-0.4, -0.2) is 23.8 Å². The second-order valence-electron chi connectivity index (χ2n) is 5.53. The molecule has 102 valence electrons. The van der Waals surface area contributed by atoms with E-state index in [1.165, 1.54) is 57.8 Å². The summed E-state index contributed by atoms with van der Waals surface area (Å²) in [5, 5.41) is 13.3. The first kappa shape index (κ1) is 15.0. The Labute approximate surface area is 107 Å². The Morgan fingerprint density at radius 1 is 0.941 bits per heavy atom. The lowest BCUT2D eigenvalue weighted by atomic mass is 9.92. The Morgan fingerprint density at radius 3 is 2.29 bits per heavy atom.